The summed E-state index contributed by atoms with van der Waals surface area (Å²) in [5, 5.41) is 12.3. The van der Waals surface area contributed by atoms with Crippen LogP contribution in [0.4, 0.5) is 0 Å². The first kappa shape index (κ1) is 10.5. The van der Waals surface area contributed by atoms with E-state index in [9.17, 15) is 5.11 Å². The molecule has 0 spiro atoms. The van der Waals surface area contributed by atoms with Crippen molar-refractivity contribution < 1.29 is 5.11 Å². The SMILES string of the molecule is OC(Cc1ccncc1Cl)c1cscn1. The molecule has 1 atom stereocenters. The zero-order valence-electron chi connectivity index (χ0n) is 7.80. The first-order valence-electron chi connectivity index (χ1n) is 4.42. The van der Waals surface area contributed by atoms with Gasteiger partial charge < -0.3 is 5.11 Å². The van der Waals surface area contributed by atoms with Gasteiger partial charge in [0.1, 0.15) is 6.10 Å². The fraction of sp³-hybridized carbons (Fsp3) is 0.200. The largest absolute Gasteiger partial charge is 0.386 e. The van der Waals surface area contributed by atoms with Gasteiger partial charge in [-0.25, -0.2) is 4.98 Å². The number of nitrogens with zero attached hydrogens (tertiary/aromatic N) is 2. The lowest BCUT2D eigenvalue weighted by Crippen LogP contribution is -2.02. The number of rotatable bonds is 3. The van der Waals surface area contributed by atoms with Crippen molar-refractivity contribution in [3.05, 3.63) is 45.6 Å². The Bertz CT molecular complexity index is 433. The molecule has 0 saturated heterocycles. The number of hydrogen-bond donors (Lipinski definition) is 1. The molecule has 5 heteroatoms. The summed E-state index contributed by atoms with van der Waals surface area (Å²) in [5.41, 5.74) is 3.27. The van der Waals surface area contributed by atoms with Crippen LogP contribution in [0.5, 0.6) is 0 Å². The summed E-state index contributed by atoms with van der Waals surface area (Å²) in [6.07, 6.45) is 3.10. The second kappa shape index (κ2) is 4.70. The van der Waals surface area contributed by atoms with Crippen molar-refractivity contribution >= 4 is 22.9 Å². The van der Waals surface area contributed by atoms with Crippen molar-refractivity contribution in [3.8, 4) is 0 Å². The van der Waals surface area contributed by atoms with E-state index in [4.69, 9.17) is 11.6 Å². The Morgan fingerprint density at radius 3 is 3.07 bits per heavy atom. The quantitative estimate of drug-likeness (QED) is 0.897. The average molecular weight is 241 g/mol. The molecule has 78 valence electrons. The Labute approximate surface area is 96.4 Å². The van der Waals surface area contributed by atoms with Gasteiger partial charge in [-0.2, -0.15) is 0 Å². The van der Waals surface area contributed by atoms with Crippen molar-refractivity contribution in [1.29, 1.82) is 0 Å². The number of thiazole rings is 1. The van der Waals surface area contributed by atoms with Crippen LogP contribution in [-0.2, 0) is 6.42 Å². The van der Waals surface area contributed by atoms with Crippen molar-refractivity contribution in [1.82, 2.24) is 9.97 Å². The van der Waals surface area contributed by atoms with Gasteiger partial charge >= 0.3 is 0 Å². The first-order valence-corrected chi connectivity index (χ1v) is 5.74. The lowest BCUT2D eigenvalue weighted by molar-refractivity contribution is 0.174. The molecule has 2 heterocycles. The Balaban J connectivity index is 2.13. The standard InChI is InChI=1S/C10H9ClN2OS/c11-8-4-12-2-1-7(8)3-10(14)9-5-15-6-13-9/h1-2,4-6,10,14H,3H2. The van der Waals surface area contributed by atoms with Gasteiger partial charge in [0, 0.05) is 24.2 Å². The van der Waals surface area contributed by atoms with Gasteiger partial charge in [0.05, 0.1) is 16.2 Å². The van der Waals surface area contributed by atoms with Gasteiger partial charge in [-0.05, 0) is 11.6 Å². The second-order valence-electron chi connectivity index (χ2n) is 3.10. The highest BCUT2D eigenvalue weighted by Crippen LogP contribution is 2.22. The molecule has 1 N–H and O–H groups in total. The number of aromatic nitrogens is 2. The lowest BCUT2D eigenvalue weighted by Gasteiger charge is -2.08. The Kier molecular flexibility index (Phi) is 3.30. The molecule has 0 fully saturated rings. The molecule has 0 aromatic carbocycles. The maximum atomic E-state index is 9.85. The summed E-state index contributed by atoms with van der Waals surface area (Å²) in [5.74, 6) is 0. The highest BCUT2D eigenvalue weighted by atomic mass is 35.5. The molecule has 0 aliphatic heterocycles. The topological polar surface area (TPSA) is 46.0 Å². The van der Waals surface area contributed by atoms with E-state index in [0.29, 0.717) is 17.1 Å². The van der Waals surface area contributed by atoms with Crippen LogP contribution in [0.1, 0.15) is 17.4 Å². The number of aliphatic hydroxyl groups is 1. The predicted molar refractivity (Wildman–Crippen MR) is 60.0 cm³/mol. The molecule has 15 heavy (non-hydrogen) atoms. The van der Waals surface area contributed by atoms with Gasteiger partial charge in [0.15, 0.2) is 0 Å². The van der Waals surface area contributed by atoms with Gasteiger partial charge in [-0.3, -0.25) is 4.98 Å². The number of halogens is 1. The lowest BCUT2D eigenvalue weighted by atomic mass is 10.1. The van der Waals surface area contributed by atoms with Gasteiger partial charge in [-0.15, -0.1) is 11.3 Å². The molecule has 2 aromatic rings. The van der Waals surface area contributed by atoms with Gasteiger partial charge in [0.25, 0.3) is 0 Å². The van der Waals surface area contributed by atoms with Crippen LogP contribution in [0.25, 0.3) is 0 Å². The summed E-state index contributed by atoms with van der Waals surface area (Å²) >= 11 is 7.40. The van der Waals surface area contributed by atoms with E-state index in [1.54, 1.807) is 24.0 Å². The normalized spacial score (nSPS) is 12.7. The maximum Gasteiger partial charge on any atom is 0.101 e. The van der Waals surface area contributed by atoms with E-state index in [1.165, 1.54) is 11.3 Å². The molecular formula is C10H9ClN2OS. The van der Waals surface area contributed by atoms with E-state index in [-0.39, 0.29) is 0 Å². The molecule has 0 saturated carbocycles. The molecule has 0 radical (unpaired) electrons. The van der Waals surface area contributed by atoms with E-state index in [0.717, 1.165) is 5.56 Å². The van der Waals surface area contributed by atoms with E-state index < -0.39 is 6.10 Å². The van der Waals surface area contributed by atoms with Gasteiger partial charge in [-0.1, -0.05) is 11.6 Å². The highest BCUT2D eigenvalue weighted by molar-refractivity contribution is 7.07. The van der Waals surface area contributed by atoms with E-state index in [2.05, 4.69) is 9.97 Å². The third kappa shape index (κ3) is 2.53. The molecule has 2 aromatic heterocycles. The maximum absolute atomic E-state index is 9.85. The second-order valence-corrected chi connectivity index (χ2v) is 4.23. The number of aliphatic hydroxyl groups excluding tert-OH is 1. The summed E-state index contributed by atoms with van der Waals surface area (Å²) in [7, 11) is 0. The van der Waals surface area contributed by atoms with Crippen LogP contribution in [0.15, 0.2) is 29.4 Å². The minimum atomic E-state index is -0.601. The first-order chi connectivity index (χ1) is 7.27. The summed E-state index contributed by atoms with van der Waals surface area (Å²) in [4.78, 5) is 7.94. The van der Waals surface area contributed by atoms with Crippen LogP contribution in [-0.4, -0.2) is 15.1 Å². The zero-order valence-corrected chi connectivity index (χ0v) is 9.37. The minimum absolute atomic E-state index is 0.463. The Morgan fingerprint density at radius 1 is 1.53 bits per heavy atom. The molecule has 0 aliphatic carbocycles. The van der Waals surface area contributed by atoms with Crippen molar-refractivity contribution in [3.63, 3.8) is 0 Å². The average Bonchev–Trinajstić information content (AvgIpc) is 2.74. The van der Waals surface area contributed by atoms with Crippen molar-refractivity contribution in [2.75, 3.05) is 0 Å². The van der Waals surface area contributed by atoms with Crippen molar-refractivity contribution in [2.45, 2.75) is 12.5 Å². The highest BCUT2D eigenvalue weighted by Gasteiger charge is 2.12. The fourth-order valence-corrected chi connectivity index (χ4v) is 2.07. The molecule has 3 nitrogen and oxygen atoms in total. The Morgan fingerprint density at radius 2 is 2.40 bits per heavy atom. The van der Waals surface area contributed by atoms with Crippen LogP contribution in [0.3, 0.4) is 0 Å². The van der Waals surface area contributed by atoms with E-state index in [1.807, 2.05) is 5.38 Å². The van der Waals surface area contributed by atoms with Crippen LogP contribution < -0.4 is 0 Å². The third-order valence-corrected chi connectivity index (χ3v) is 3.01. The van der Waals surface area contributed by atoms with E-state index >= 15 is 0 Å². The fourth-order valence-electron chi connectivity index (χ4n) is 1.27. The molecular weight excluding hydrogens is 232 g/mol. The minimum Gasteiger partial charge on any atom is -0.386 e. The predicted octanol–water partition coefficient (Wildman–Crippen LogP) is 2.47. The molecule has 2 rings (SSSR count). The summed E-state index contributed by atoms with van der Waals surface area (Å²) in [6.45, 7) is 0. The third-order valence-electron chi connectivity index (χ3n) is 2.06. The Hall–Kier alpha value is -0.970. The summed E-state index contributed by atoms with van der Waals surface area (Å²) < 4.78 is 0. The van der Waals surface area contributed by atoms with Crippen molar-refractivity contribution in [2.24, 2.45) is 0 Å². The smallest absolute Gasteiger partial charge is 0.101 e. The monoisotopic (exact) mass is 240 g/mol. The molecule has 0 aliphatic rings. The van der Waals surface area contributed by atoms with Gasteiger partial charge in [0.2, 0.25) is 0 Å². The van der Waals surface area contributed by atoms with Crippen LogP contribution in [0, 0.1) is 0 Å². The van der Waals surface area contributed by atoms with Crippen LogP contribution >= 0.6 is 22.9 Å². The molecule has 0 amide bonds. The van der Waals surface area contributed by atoms with Crippen LogP contribution in [0.2, 0.25) is 5.02 Å². The zero-order chi connectivity index (χ0) is 10.7. The number of hydrogen-bond acceptors (Lipinski definition) is 4. The molecule has 1 unspecified atom stereocenters. The summed E-state index contributed by atoms with van der Waals surface area (Å²) in [6, 6.07) is 1.80. The number of pyridine rings is 1. The molecule has 0 bridgehead atoms.